The Labute approximate surface area is 142 Å². The van der Waals surface area contributed by atoms with Gasteiger partial charge >= 0.3 is 0 Å². The second kappa shape index (κ2) is 9.11. The number of ether oxygens (including phenoxy) is 3. The predicted molar refractivity (Wildman–Crippen MR) is 88.1 cm³/mol. The van der Waals surface area contributed by atoms with Gasteiger partial charge in [-0.15, -0.1) is 0 Å². The van der Waals surface area contributed by atoms with Gasteiger partial charge in [-0.05, 0) is 12.1 Å². The van der Waals surface area contributed by atoms with Crippen LogP contribution in [0.2, 0.25) is 0 Å². The number of benzene rings is 1. The zero-order chi connectivity index (χ0) is 17.4. The molecular formula is C17H23N3O4. The molecule has 7 heteroatoms. The van der Waals surface area contributed by atoms with Gasteiger partial charge in [0.15, 0.2) is 18.1 Å². The molecule has 24 heavy (non-hydrogen) atoms. The van der Waals surface area contributed by atoms with Gasteiger partial charge in [0.05, 0.1) is 32.0 Å². The molecule has 1 fully saturated rings. The average Bonchev–Trinajstić information content (AvgIpc) is 2.64. The number of carbonyl (C=O) groups excluding carboxylic acids is 1. The van der Waals surface area contributed by atoms with E-state index >= 15 is 0 Å². The van der Waals surface area contributed by atoms with Crippen molar-refractivity contribution in [2.45, 2.75) is 0 Å². The molecule has 0 spiro atoms. The summed E-state index contributed by atoms with van der Waals surface area (Å²) in [6, 6.07) is 6.89. The molecule has 1 saturated heterocycles. The topological polar surface area (TPSA) is 75.0 Å². The molecular weight excluding hydrogens is 310 g/mol. The third-order valence-corrected chi connectivity index (χ3v) is 3.92. The zero-order valence-corrected chi connectivity index (χ0v) is 14.2. The fourth-order valence-corrected chi connectivity index (χ4v) is 2.35. The molecule has 0 unspecified atom stereocenters. The van der Waals surface area contributed by atoms with Gasteiger partial charge in [-0.1, -0.05) is 0 Å². The van der Waals surface area contributed by atoms with Gasteiger partial charge in [-0.2, -0.15) is 5.26 Å². The number of amides is 1. The van der Waals surface area contributed by atoms with Crippen molar-refractivity contribution in [3.63, 3.8) is 0 Å². The third-order valence-electron chi connectivity index (χ3n) is 3.92. The first kappa shape index (κ1) is 18.0. The summed E-state index contributed by atoms with van der Waals surface area (Å²) in [5.74, 6) is 0.791. The first-order valence-electron chi connectivity index (χ1n) is 7.89. The van der Waals surface area contributed by atoms with E-state index in [0.29, 0.717) is 23.6 Å². The maximum absolute atomic E-state index is 12.2. The van der Waals surface area contributed by atoms with E-state index in [1.165, 1.54) is 7.11 Å². The van der Waals surface area contributed by atoms with Crippen LogP contribution in [0.1, 0.15) is 5.56 Å². The van der Waals surface area contributed by atoms with E-state index in [0.717, 1.165) is 32.8 Å². The first-order valence-corrected chi connectivity index (χ1v) is 7.89. The smallest absolute Gasteiger partial charge is 0.260 e. The Kier molecular flexibility index (Phi) is 6.85. The van der Waals surface area contributed by atoms with Crippen molar-refractivity contribution in [2.75, 3.05) is 60.2 Å². The number of hydrogen-bond acceptors (Lipinski definition) is 6. The molecule has 0 N–H and O–H groups in total. The molecule has 0 aliphatic carbocycles. The quantitative estimate of drug-likeness (QED) is 0.732. The first-order chi connectivity index (χ1) is 11.6. The molecule has 7 nitrogen and oxygen atoms in total. The van der Waals surface area contributed by atoms with Crippen molar-refractivity contribution >= 4 is 5.91 Å². The fourth-order valence-electron chi connectivity index (χ4n) is 2.35. The highest BCUT2D eigenvalue weighted by Crippen LogP contribution is 2.27. The molecule has 1 aliphatic heterocycles. The van der Waals surface area contributed by atoms with Gasteiger partial charge < -0.3 is 19.1 Å². The Morgan fingerprint density at radius 3 is 2.79 bits per heavy atom. The van der Waals surface area contributed by atoms with Gasteiger partial charge in [0.25, 0.3) is 5.91 Å². The van der Waals surface area contributed by atoms with Crippen LogP contribution in [0.15, 0.2) is 18.2 Å². The maximum Gasteiger partial charge on any atom is 0.260 e. The van der Waals surface area contributed by atoms with Gasteiger partial charge in [0, 0.05) is 39.3 Å². The second-order valence-corrected chi connectivity index (χ2v) is 5.54. The van der Waals surface area contributed by atoms with Crippen molar-refractivity contribution in [1.82, 2.24) is 9.80 Å². The molecule has 0 bridgehead atoms. The van der Waals surface area contributed by atoms with Crippen molar-refractivity contribution in [3.05, 3.63) is 23.8 Å². The summed E-state index contributed by atoms with van der Waals surface area (Å²) in [4.78, 5) is 16.1. The average molecular weight is 333 g/mol. The van der Waals surface area contributed by atoms with E-state index in [4.69, 9.17) is 19.5 Å². The number of morpholine rings is 1. The summed E-state index contributed by atoms with van der Waals surface area (Å²) in [6.45, 7) is 4.71. The summed E-state index contributed by atoms with van der Waals surface area (Å²) < 4.78 is 16.0. The lowest BCUT2D eigenvalue weighted by Crippen LogP contribution is -2.42. The van der Waals surface area contributed by atoms with Crippen molar-refractivity contribution in [1.29, 1.82) is 5.26 Å². The van der Waals surface area contributed by atoms with E-state index in [-0.39, 0.29) is 12.5 Å². The molecule has 1 heterocycles. The predicted octanol–water partition coefficient (Wildman–Crippen LogP) is 0.736. The lowest BCUT2D eigenvalue weighted by atomic mass is 10.2. The van der Waals surface area contributed by atoms with Crippen molar-refractivity contribution in [2.24, 2.45) is 0 Å². The van der Waals surface area contributed by atoms with E-state index in [1.807, 2.05) is 6.07 Å². The molecule has 1 aliphatic rings. The molecule has 0 aromatic heterocycles. The number of nitrogens with zero attached hydrogens (tertiary/aromatic N) is 3. The molecule has 1 aromatic rings. The monoisotopic (exact) mass is 333 g/mol. The minimum Gasteiger partial charge on any atom is -0.493 e. The standard InChI is InChI=1S/C17H23N3O4/c1-19(5-6-20-7-9-23-10-8-20)17(21)13-24-15-4-3-14(12-18)11-16(15)22-2/h3-4,11H,5-10,13H2,1-2H3. The van der Waals surface area contributed by atoms with Crippen LogP contribution in [0.4, 0.5) is 0 Å². The Balaban J connectivity index is 1.80. The SMILES string of the molecule is COc1cc(C#N)ccc1OCC(=O)N(C)CCN1CCOCC1. The number of methoxy groups -OCH3 is 1. The van der Waals surface area contributed by atoms with E-state index in [2.05, 4.69) is 4.90 Å². The van der Waals surface area contributed by atoms with Crippen LogP contribution >= 0.6 is 0 Å². The summed E-state index contributed by atoms with van der Waals surface area (Å²) in [6.07, 6.45) is 0. The molecule has 1 aromatic carbocycles. The summed E-state index contributed by atoms with van der Waals surface area (Å²) in [7, 11) is 3.27. The number of rotatable bonds is 7. The summed E-state index contributed by atoms with van der Waals surface area (Å²) in [5.41, 5.74) is 0.480. The van der Waals surface area contributed by atoms with Crippen LogP contribution in [-0.4, -0.2) is 75.9 Å². The lowest BCUT2D eigenvalue weighted by Gasteiger charge is -2.28. The Morgan fingerprint density at radius 1 is 1.38 bits per heavy atom. The largest absolute Gasteiger partial charge is 0.493 e. The van der Waals surface area contributed by atoms with Gasteiger partial charge in [0.1, 0.15) is 0 Å². The lowest BCUT2D eigenvalue weighted by molar-refractivity contribution is -0.132. The third kappa shape index (κ3) is 5.11. The van der Waals surface area contributed by atoms with Crippen LogP contribution in [0.3, 0.4) is 0 Å². The minimum atomic E-state index is -0.102. The van der Waals surface area contributed by atoms with Crippen LogP contribution in [0.25, 0.3) is 0 Å². The molecule has 0 saturated carbocycles. The molecule has 2 rings (SSSR count). The molecule has 130 valence electrons. The van der Waals surface area contributed by atoms with E-state index in [9.17, 15) is 4.79 Å². The molecule has 1 amide bonds. The molecule has 0 radical (unpaired) electrons. The summed E-state index contributed by atoms with van der Waals surface area (Å²) >= 11 is 0. The number of likely N-dealkylation sites (N-methyl/N-ethyl adjacent to an activating group) is 1. The fraction of sp³-hybridized carbons (Fsp3) is 0.529. The van der Waals surface area contributed by atoms with E-state index < -0.39 is 0 Å². The summed E-state index contributed by atoms with van der Waals surface area (Å²) in [5, 5.41) is 8.89. The number of carbonyl (C=O) groups is 1. The van der Waals surface area contributed by atoms with E-state index in [1.54, 1.807) is 30.1 Å². The zero-order valence-electron chi connectivity index (χ0n) is 14.2. The Bertz CT molecular complexity index is 594. The van der Waals surface area contributed by atoms with Gasteiger partial charge in [-0.3, -0.25) is 9.69 Å². The highest BCUT2D eigenvalue weighted by atomic mass is 16.5. The Hall–Kier alpha value is -2.30. The van der Waals surface area contributed by atoms with Crippen LogP contribution in [0.5, 0.6) is 11.5 Å². The van der Waals surface area contributed by atoms with Gasteiger partial charge in [-0.25, -0.2) is 0 Å². The van der Waals surface area contributed by atoms with Crippen LogP contribution < -0.4 is 9.47 Å². The number of hydrogen-bond donors (Lipinski definition) is 0. The molecule has 0 atom stereocenters. The Morgan fingerprint density at radius 2 is 2.12 bits per heavy atom. The van der Waals surface area contributed by atoms with Crippen LogP contribution in [-0.2, 0) is 9.53 Å². The van der Waals surface area contributed by atoms with Crippen molar-refractivity contribution < 1.29 is 19.0 Å². The van der Waals surface area contributed by atoms with Crippen molar-refractivity contribution in [3.8, 4) is 17.6 Å². The highest BCUT2D eigenvalue weighted by Gasteiger charge is 2.15. The van der Waals surface area contributed by atoms with Gasteiger partial charge in [0.2, 0.25) is 0 Å². The number of nitriles is 1. The van der Waals surface area contributed by atoms with Crippen LogP contribution in [0, 0.1) is 11.3 Å². The minimum absolute atomic E-state index is 0.0676. The highest BCUT2D eigenvalue weighted by molar-refractivity contribution is 5.77. The normalized spacial score (nSPS) is 14.7. The second-order valence-electron chi connectivity index (χ2n) is 5.54. The maximum atomic E-state index is 12.2.